The third-order valence-corrected chi connectivity index (χ3v) is 3.79. The number of carbonyl (C=O) groups excluding carboxylic acids is 2. The van der Waals surface area contributed by atoms with E-state index in [0.717, 1.165) is 11.1 Å². The Morgan fingerprint density at radius 3 is 2.92 bits per heavy atom. The standard InChI is InChI=1S/C17H22N4O4/c1-5-6-24-21-14-7-12(9-19(11-14)15(21)22)13-8-18-20(10-13)16(23)25-17(2,3)4/h5,7-8,10,14H,1,6,9,11H2,2-4H3. The summed E-state index contributed by atoms with van der Waals surface area (Å²) in [6.07, 6.45) is 6.25. The summed E-state index contributed by atoms with van der Waals surface area (Å²) in [6.45, 7) is 10.3. The molecule has 1 atom stereocenters. The molecule has 134 valence electrons. The molecule has 8 heteroatoms. The molecular weight excluding hydrogens is 324 g/mol. The van der Waals surface area contributed by atoms with Gasteiger partial charge in [-0.15, -0.1) is 6.58 Å². The van der Waals surface area contributed by atoms with E-state index in [4.69, 9.17) is 9.57 Å². The minimum atomic E-state index is -0.590. The third-order valence-electron chi connectivity index (χ3n) is 3.79. The molecule has 2 aliphatic rings. The first-order valence-corrected chi connectivity index (χ1v) is 8.09. The third kappa shape index (κ3) is 3.58. The summed E-state index contributed by atoms with van der Waals surface area (Å²) in [5.41, 5.74) is 1.11. The molecule has 25 heavy (non-hydrogen) atoms. The normalized spacial score (nSPS) is 19.9. The zero-order chi connectivity index (χ0) is 18.2. The number of fused-ring (bicyclic) bond motifs is 2. The average Bonchev–Trinajstić information content (AvgIpc) is 3.10. The number of amides is 2. The first kappa shape index (κ1) is 17.2. The lowest BCUT2D eigenvalue weighted by atomic mass is 10.0. The molecule has 0 radical (unpaired) electrons. The van der Waals surface area contributed by atoms with E-state index in [1.54, 1.807) is 44.1 Å². The Hall–Kier alpha value is -2.61. The van der Waals surface area contributed by atoms with Crippen LogP contribution in [0.4, 0.5) is 9.59 Å². The van der Waals surface area contributed by atoms with Gasteiger partial charge >= 0.3 is 12.1 Å². The van der Waals surface area contributed by atoms with Crippen LogP contribution in [0.5, 0.6) is 0 Å². The van der Waals surface area contributed by atoms with E-state index in [2.05, 4.69) is 11.7 Å². The maximum absolute atomic E-state index is 12.3. The monoisotopic (exact) mass is 346 g/mol. The number of nitrogens with zero attached hydrogens (tertiary/aromatic N) is 4. The van der Waals surface area contributed by atoms with Crippen LogP contribution in [0.2, 0.25) is 0 Å². The highest BCUT2D eigenvalue weighted by atomic mass is 16.7. The van der Waals surface area contributed by atoms with E-state index in [1.165, 1.54) is 9.75 Å². The summed E-state index contributed by atoms with van der Waals surface area (Å²) < 4.78 is 6.47. The molecular formula is C17H22N4O4. The zero-order valence-corrected chi connectivity index (χ0v) is 14.6. The Labute approximate surface area is 146 Å². The highest BCUT2D eigenvalue weighted by Gasteiger charge is 2.41. The summed E-state index contributed by atoms with van der Waals surface area (Å²) >= 11 is 0. The number of aromatic nitrogens is 2. The number of rotatable bonds is 4. The predicted molar refractivity (Wildman–Crippen MR) is 90.6 cm³/mol. The Morgan fingerprint density at radius 1 is 1.48 bits per heavy atom. The molecule has 1 aromatic rings. The van der Waals surface area contributed by atoms with Crippen molar-refractivity contribution in [2.45, 2.75) is 32.4 Å². The molecule has 0 N–H and O–H groups in total. The van der Waals surface area contributed by atoms with Crippen LogP contribution in [0, 0.1) is 0 Å². The van der Waals surface area contributed by atoms with Gasteiger partial charge in [-0.2, -0.15) is 14.8 Å². The van der Waals surface area contributed by atoms with Crippen molar-refractivity contribution < 1.29 is 19.2 Å². The van der Waals surface area contributed by atoms with Crippen LogP contribution in [-0.4, -0.2) is 63.2 Å². The van der Waals surface area contributed by atoms with Crippen molar-refractivity contribution in [1.82, 2.24) is 19.7 Å². The summed E-state index contributed by atoms with van der Waals surface area (Å²) in [5, 5.41) is 5.44. The number of ether oxygens (including phenoxy) is 1. The van der Waals surface area contributed by atoms with E-state index in [0.29, 0.717) is 13.1 Å². The molecule has 1 unspecified atom stereocenters. The van der Waals surface area contributed by atoms with Gasteiger partial charge in [0.2, 0.25) is 0 Å². The fourth-order valence-corrected chi connectivity index (χ4v) is 2.77. The van der Waals surface area contributed by atoms with Crippen molar-refractivity contribution in [3.05, 3.63) is 36.7 Å². The summed E-state index contributed by atoms with van der Waals surface area (Å²) in [7, 11) is 0. The van der Waals surface area contributed by atoms with Crippen molar-refractivity contribution >= 4 is 17.7 Å². The van der Waals surface area contributed by atoms with Crippen LogP contribution < -0.4 is 0 Å². The van der Waals surface area contributed by atoms with Crippen LogP contribution in [0.3, 0.4) is 0 Å². The van der Waals surface area contributed by atoms with Gasteiger partial charge in [-0.1, -0.05) is 12.2 Å². The topological polar surface area (TPSA) is 76.9 Å². The van der Waals surface area contributed by atoms with Crippen LogP contribution >= 0.6 is 0 Å². The van der Waals surface area contributed by atoms with Crippen molar-refractivity contribution in [2.75, 3.05) is 19.7 Å². The molecule has 2 aliphatic heterocycles. The van der Waals surface area contributed by atoms with Crippen molar-refractivity contribution in [3.8, 4) is 0 Å². The highest BCUT2D eigenvalue weighted by Crippen LogP contribution is 2.29. The zero-order valence-electron chi connectivity index (χ0n) is 14.6. The van der Waals surface area contributed by atoms with Crippen LogP contribution in [0.1, 0.15) is 26.3 Å². The van der Waals surface area contributed by atoms with E-state index >= 15 is 0 Å². The number of hydrogen-bond acceptors (Lipinski definition) is 5. The molecule has 8 nitrogen and oxygen atoms in total. The fraction of sp³-hybridized carbons (Fsp3) is 0.471. The van der Waals surface area contributed by atoms with Gasteiger partial charge in [0, 0.05) is 24.8 Å². The van der Waals surface area contributed by atoms with Gasteiger partial charge in [-0.05, 0) is 26.3 Å². The van der Waals surface area contributed by atoms with E-state index < -0.39 is 11.7 Å². The second-order valence-electron chi connectivity index (χ2n) is 6.99. The van der Waals surface area contributed by atoms with E-state index in [-0.39, 0.29) is 18.7 Å². The summed E-state index contributed by atoms with van der Waals surface area (Å²) in [4.78, 5) is 31.5. The largest absolute Gasteiger partial charge is 0.442 e. The molecule has 2 amide bonds. The van der Waals surface area contributed by atoms with Crippen LogP contribution in [-0.2, 0) is 9.57 Å². The molecule has 0 saturated carbocycles. The van der Waals surface area contributed by atoms with Gasteiger partial charge < -0.3 is 9.64 Å². The lowest BCUT2D eigenvalue weighted by molar-refractivity contribution is -0.107. The first-order chi connectivity index (χ1) is 11.8. The second kappa shape index (κ2) is 6.36. The Morgan fingerprint density at radius 2 is 2.24 bits per heavy atom. The first-order valence-electron chi connectivity index (χ1n) is 8.09. The molecule has 0 spiro atoms. The molecule has 3 rings (SSSR count). The number of hydroxylamine groups is 2. The Kier molecular flexibility index (Phi) is 4.38. The van der Waals surface area contributed by atoms with Crippen molar-refractivity contribution in [1.29, 1.82) is 0 Å². The highest BCUT2D eigenvalue weighted by molar-refractivity contribution is 5.83. The fourth-order valence-electron chi connectivity index (χ4n) is 2.77. The van der Waals surface area contributed by atoms with Gasteiger partial charge in [0.1, 0.15) is 5.60 Å². The second-order valence-corrected chi connectivity index (χ2v) is 6.99. The maximum Gasteiger partial charge on any atom is 0.435 e. The summed E-state index contributed by atoms with van der Waals surface area (Å²) in [5.74, 6) is 0. The summed E-state index contributed by atoms with van der Waals surface area (Å²) in [6, 6.07) is -0.335. The van der Waals surface area contributed by atoms with Gasteiger partial charge in [-0.3, -0.25) is 4.84 Å². The Balaban J connectivity index is 1.76. The molecule has 0 aromatic carbocycles. The maximum atomic E-state index is 12.3. The van der Waals surface area contributed by atoms with Crippen molar-refractivity contribution in [2.24, 2.45) is 0 Å². The Bertz CT molecular complexity index is 731. The van der Waals surface area contributed by atoms with Gasteiger partial charge in [0.25, 0.3) is 0 Å². The smallest absolute Gasteiger partial charge is 0.435 e. The van der Waals surface area contributed by atoms with Crippen LogP contribution in [0.15, 0.2) is 31.1 Å². The SMILES string of the molecule is C=CCON1C(=O)N2CC(c3cnn(C(=O)OC(C)(C)C)c3)=CC1C2. The molecule has 3 heterocycles. The minimum absolute atomic E-state index is 0.166. The van der Waals surface area contributed by atoms with E-state index in [1.807, 2.05) is 6.08 Å². The molecule has 2 bridgehead atoms. The molecule has 0 aliphatic carbocycles. The molecule has 1 fully saturated rings. The van der Waals surface area contributed by atoms with Gasteiger partial charge in [0.15, 0.2) is 0 Å². The lowest BCUT2D eigenvalue weighted by Gasteiger charge is -2.21. The quantitative estimate of drug-likeness (QED) is 0.782. The number of urea groups is 1. The molecule has 1 saturated heterocycles. The van der Waals surface area contributed by atoms with Gasteiger partial charge in [-0.25, -0.2) is 9.59 Å². The van der Waals surface area contributed by atoms with Crippen LogP contribution in [0.25, 0.3) is 5.57 Å². The van der Waals surface area contributed by atoms with Gasteiger partial charge in [0.05, 0.1) is 18.8 Å². The van der Waals surface area contributed by atoms with Crippen molar-refractivity contribution in [3.63, 3.8) is 0 Å². The van der Waals surface area contributed by atoms with E-state index in [9.17, 15) is 9.59 Å². The average molecular weight is 346 g/mol. The lowest BCUT2D eigenvalue weighted by Crippen LogP contribution is -2.33. The minimum Gasteiger partial charge on any atom is -0.442 e. The number of hydrogen-bond donors (Lipinski definition) is 0. The molecule has 1 aromatic heterocycles. The number of carbonyl (C=O) groups is 2. The predicted octanol–water partition coefficient (Wildman–Crippen LogP) is 2.29.